The molecule has 1 aromatic heterocycles. The Morgan fingerprint density at radius 1 is 1.11 bits per heavy atom. The van der Waals surface area contributed by atoms with Gasteiger partial charge in [-0.2, -0.15) is 0 Å². The second-order valence-corrected chi connectivity index (χ2v) is 13.6. The molecule has 12 heteroatoms. The summed E-state index contributed by atoms with van der Waals surface area (Å²) in [7, 11) is 0. The van der Waals surface area contributed by atoms with Gasteiger partial charge in [0.15, 0.2) is 17.5 Å². The number of hydrogen-bond donors (Lipinski definition) is 4. The summed E-state index contributed by atoms with van der Waals surface area (Å²) in [5.41, 5.74) is -4.80. The molecule has 0 radical (unpaired) electrons. The van der Waals surface area contributed by atoms with Crippen LogP contribution in [0.2, 0.25) is 0 Å². The third-order valence-corrected chi connectivity index (χ3v) is 10.6. The molecule has 2 aromatic rings. The second-order valence-electron chi connectivity index (χ2n) is 13.6. The van der Waals surface area contributed by atoms with Crippen LogP contribution >= 0.6 is 0 Å². The predicted molar refractivity (Wildman–Crippen MR) is 163 cm³/mol. The average Bonchev–Trinajstić information content (AvgIpc) is 3.58. The molecule has 1 aliphatic heterocycles. The highest BCUT2D eigenvalue weighted by atomic mass is 16.6. The summed E-state index contributed by atoms with van der Waals surface area (Å²) < 4.78 is 24.1. The third-order valence-electron chi connectivity index (χ3n) is 10.6. The van der Waals surface area contributed by atoms with Gasteiger partial charge in [0, 0.05) is 50.4 Å². The van der Waals surface area contributed by atoms with E-state index in [2.05, 4.69) is 9.97 Å². The van der Waals surface area contributed by atoms with Crippen molar-refractivity contribution in [1.29, 1.82) is 0 Å². The highest BCUT2D eigenvalue weighted by Crippen LogP contribution is 2.64. The van der Waals surface area contributed by atoms with Gasteiger partial charge in [0.05, 0.1) is 43.3 Å². The van der Waals surface area contributed by atoms with Crippen molar-refractivity contribution < 1.29 is 48.7 Å². The first-order valence-electron chi connectivity index (χ1n) is 15.5. The molecule has 2 saturated carbocycles. The fraction of sp³-hybridized carbons (Fsp3) is 0.588. The van der Waals surface area contributed by atoms with E-state index < -0.39 is 76.2 Å². The van der Waals surface area contributed by atoms with E-state index in [0.29, 0.717) is 5.57 Å². The van der Waals surface area contributed by atoms with Crippen LogP contribution in [0.3, 0.4) is 0 Å². The van der Waals surface area contributed by atoms with Gasteiger partial charge in [0.25, 0.3) is 0 Å². The van der Waals surface area contributed by atoms with Crippen LogP contribution in [0.5, 0.6) is 0 Å². The molecular formula is C34H44N2O10. The molecule has 0 spiro atoms. The van der Waals surface area contributed by atoms with Gasteiger partial charge in [-0.05, 0) is 30.6 Å². The number of hydrogen-bond acceptors (Lipinski definition) is 11. The lowest BCUT2D eigenvalue weighted by Gasteiger charge is -2.67. The summed E-state index contributed by atoms with van der Waals surface area (Å²) in [6.45, 7) is 9.06. The van der Waals surface area contributed by atoms with Crippen molar-refractivity contribution in [3.63, 3.8) is 0 Å². The summed E-state index contributed by atoms with van der Waals surface area (Å²) in [5, 5.41) is 35.9. The van der Waals surface area contributed by atoms with Crippen molar-refractivity contribution in [3.8, 4) is 0 Å². The number of rotatable bonds is 5. The summed E-state index contributed by atoms with van der Waals surface area (Å²) in [4.78, 5) is 46.2. The van der Waals surface area contributed by atoms with Gasteiger partial charge in [-0.25, -0.2) is 4.98 Å². The minimum atomic E-state index is -1.87. The van der Waals surface area contributed by atoms with E-state index in [1.54, 1.807) is 46.4 Å². The first kappa shape index (κ1) is 33.9. The number of carbonyl (C=O) groups is 3. The Balaban J connectivity index is 0.000000760. The quantitative estimate of drug-likeness (QED) is 0.279. The van der Waals surface area contributed by atoms with Crippen molar-refractivity contribution in [3.05, 3.63) is 65.8 Å². The van der Waals surface area contributed by atoms with Crippen LogP contribution in [0.4, 0.5) is 0 Å². The van der Waals surface area contributed by atoms with Crippen LogP contribution < -0.4 is 0 Å². The van der Waals surface area contributed by atoms with Gasteiger partial charge in [-0.3, -0.25) is 14.4 Å². The Labute approximate surface area is 268 Å². The summed E-state index contributed by atoms with van der Waals surface area (Å²) in [6.07, 6.45) is -1.11. The lowest BCUT2D eigenvalue weighted by Crippen LogP contribution is -2.81. The number of aliphatic hydroxyl groups excluding tert-OH is 2. The van der Waals surface area contributed by atoms with E-state index in [1.165, 1.54) is 13.8 Å². The molecule has 4 N–H and O–H groups in total. The molecule has 12 nitrogen and oxygen atoms in total. The Morgan fingerprint density at radius 2 is 1.80 bits per heavy atom. The van der Waals surface area contributed by atoms with Crippen LogP contribution in [0.15, 0.2) is 60.2 Å². The number of ether oxygens (including phenoxy) is 4. The molecule has 4 aliphatic rings. The number of aliphatic hydroxyl groups is 3. The first-order chi connectivity index (χ1) is 21.6. The number of benzene rings is 1. The molecule has 6 rings (SSSR count). The number of ketones is 1. The normalized spacial score (nSPS) is 37.6. The molecule has 2 heterocycles. The molecule has 1 unspecified atom stereocenters. The molecule has 1 saturated heterocycles. The molecule has 3 fully saturated rings. The van der Waals surface area contributed by atoms with Gasteiger partial charge in [0.2, 0.25) is 0 Å². The minimum Gasteiger partial charge on any atom is -0.454 e. The van der Waals surface area contributed by atoms with E-state index in [1.807, 2.05) is 30.3 Å². The van der Waals surface area contributed by atoms with Crippen LogP contribution in [0.25, 0.3) is 0 Å². The maximum atomic E-state index is 14.8. The van der Waals surface area contributed by atoms with Crippen molar-refractivity contribution in [2.75, 3.05) is 6.61 Å². The maximum Gasteiger partial charge on any atom is 0.303 e. The topological polar surface area (TPSA) is 178 Å². The minimum absolute atomic E-state index is 0.0211. The van der Waals surface area contributed by atoms with E-state index >= 15 is 0 Å². The molecule has 2 bridgehead atoms. The van der Waals surface area contributed by atoms with Crippen molar-refractivity contribution in [1.82, 2.24) is 9.97 Å². The SMILES string of the molecule is CC(=O)O[C@H]1C(=O)[C@@]2(C)C([C@H](OCc3ccccc3)[C@]3(O)C[C@H](O)C(C)=C1C3(C)C)[C@]1(OC(C)=O)CO[C@@H]1C[C@@H]2O.c1c[nH]cn1. The highest BCUT2D eigenvalue weighted by molar-refractivity contribution is 5.95. The lowest BCUT2D eigenvalue weighted by atomic mass is 9.44. The number of esters is 2. The number of nitrogens with zero attached hydrogens (tertiary/aromatic N) is 1. The van der Waals surface area contributed by atoms with E-state index in [-0.39, 0.29) is 31.6 Å². The average molecular weight is 641 g/mol. The maximum absolute atomic E-state index is 14.8. The van der Waals surface area contributed by atoms with Gasteiger partial charge in [-0.1, -0.05) is 44.2 Å². The van der Waals surface area contributed by atoms with Crippen molar-refractivity contribution >= 4 is 17.7 Å². The number of Topliss-reactive ketones (excluding diaryl/α,β-unsaturated/α-hetero) is 1. The second kappa shape index (κ2) is 12.3. The molecule has 0 amide bonds. The van der Waals surface area contributed by atoms with E-state index in [0.717, 1.165) is 5.56 Å². The molecule has 3 aliphatic carbocycles. The Hall–Kier alpha value is -3.42. The summed E-state index contributed by atoms with van der Waals surface area (Å²) in [5.74, 6) is -3.09. The van der Waals surface area contributed by atoms with E-state index in [4.69, 9.17) is 18.9 Å². The number of carbonyl (C=O) groups excluding carboxylic acids is 3. The van der Waals surface area contributed by atoms with Crippen LogP contribution in [0.1, 0.15) is 59.9 Å². The molecule has 250 valence electrons. The van der Waals surface area contributed by atoms with Crippen LogP contribution in [-0.2, 0) is 39.9 Å². The standard InChI is InChI=1S/C31H40O10.C3H4N2/c1-16-20(34)13-31(37)27(38-14-19-10-8-7-9-11-19)25-29(6,21(35)12-22-30(25,15-39-22)41-18(3)33)26(36)24(40-17(2)32)23(16)28(31,4)5;1-2-5-3-4-1/h7-11,20-22,24-25,27,34-35,37H,12-15H2,1-6H3;1-3H,(H,4,5)/t20-,21-,22+,24+,25?,27-,29+,30-,31+;/m0./s1. The number of imidazole rings is 1. The number of fused-ring (bicyclic) bond motifs is 5. The fourth-order valence-electron chi connectivity index (χ4n) is 8.19. The molecule has 9 atom stereocenters. The zero-order valence-electron chi connectivity index (χ0n) is 27.1. The fourth-order valence-corrected chi connectivity index (χ4v) is 8.19. The Kier molecular flexibility index (Phi) is 9.08. The zero-order chi connectivity index (χ0) is 33.7. The number of nitrogens with one attached hydrogen (secondary N) is 1. The van der Waals surface area contributed by atoms with Crippen molar-refractivity contribution in [2.45, 2.75) is 103 Å². The zero-order valence-corrected chi connectivity index (χ0v) is 27.1. The highest BCUT2D eigenvalue weighted by Gasteiger charge is 2.77. The van der Waals surface area contributed by atoms with E-state index in [9.17, 15) is 29.7 Å². The summed E-state index contributed by atoms with van der Waals surface area (Å²) in [6, 6.07) is 9.28. The van der Waals surface area contributed by atoms with Crippen LogP contribution in [0, 0.1) is 16.7 Å². The molecular weight excluding hydrogens is 596 g/mol. The number of aromatic amines is 1. The van der Waals surface area contributed by atoms with Crippen LogP contribution in [-0.4, -0.2) is 91.3 Å². The first-order valence-corrected chi connectivity index (χ1v) is 15.5. The molecule has 1 aromatic carbocycles. The van der Waals surface area contributed by atoms with Gasteiger partial charge >= 0.3 is 11.9 Å². The molecule has 46 heavy (non-hydrogen) atoms. The Morgan fingerprint density at radius 3 is 2.33 bits per heavy atom. The van der Waals surface area contributed by atoms with Crippen molar-refractivity contribution in [2.24, 2.45) is 16.7 Å². The number of aromatic nitrogens is 2. The predicted octanol–water partition coefficient (Wildman–Crippen LogP) is 2.42. The Bertz CT molecular complexity index is 1460. The summed E-state index contributed by atoms with van der Waals surface area (Å²) >= 11 is 0. The largest absolute Gasteiger partial charge is 0.454 e. The monoisotopic (exact) mass is 640 g/mol. The smallest absolute Gasteiger partial charge is 0.303 e. The number of H-pyrrole nitrogens is 1. The van der Waals surface area contributed by atoms with Gasteiger partial charge in [-0.15, -0.1) is 0 Å². The third kappa shape index (κ3) is 5.29. The van der Waals surface area contributed by atoms with Gasteiger partial charge in [0.1, 0.15) is 11.7 Å². The van der Waals surface area contributed by atoms with Gasteiger partial charge < -0.3 is 39.3 Å². The lowest BCUT2D eigenvalue weighted by molar-refractivity contribution is -0.351.